The largest absolute Gasteiger partial charge is 0.409 e. The number of carbonyl (C=O) groups excluding carboxylic acids is 1. The van der Waals surface area contributed by atoms with Crippen LogP contribution in [0.4, 0.5) is 0 Å². The molecule has 19 heavy (non-hydrogen) atoms. The Bertz CT molecular complexity index is 317. The maximum absolute atomic E-state index is 12.4. The van der Waals surface area contributed by atoms with Crippen molar-refractivity contribution < 1.29 is 10.0 Å². The van der Waals surface area contributed by atoms with Crippen LogP contribution < -0.4 is 11.1 Å². The van der Waals surface area contributed by atoms with E-state index < -0.39 is 5.54 Å². The van der Waals surface area contributed by atoms with Gasteiger partial charge in [-0.1, -0.05) is 44.7 Å². The minimum absolute atomic E-state index is 0.0530. The van der Waals surface area contributed by atoms with Crippen molar-refractivity contribution in [2.45, 2.75) is 70.8 Å². The highest BCUT2D eigenvalue weighted by atomic mass is 16.4. The minimum Gasteiger partial charge on any atom is -0.409 e. The first-order chi connectivity index (χ1) is 9.09. The molecule has 1 aliphatic rings. The summed E-state index contributed by atoms with van der Waals surface area (Å²) < 4.78 is 0. The summed E-state index contributed by atoms with van der Waals surface area (Å²) in [6.45, 7) is 3.88. The lowest BCUT2D eigenvalue weighted by atomic mass is 9.89. The number of hydrogen-bond donors (Lipinski definition) is 3. The van der Waals surface area contributed by atoms with Gasteiger partial charge < -0.3 is 16.3 Å². The first-order valence-electron chi connectivity index (χ1n) is 7.39. The number of amides is 1. The Morgan fingerprint density at radius 2 is 1.79 bits per heavy atom. The Kier molecular flexibility index (Phi) is 6.12. The number of nitrogens with two attached hydrogens (primary N) is 1. The SMILES string of the molecule is CCC(CC)(NC(=O)C1CCCCCC1)C(N)=NO. The molecular weight excluding hydrogens is 242 g/mol. The number of hydrogen-bond acceptors (Lipinski definition) is 3. The molecule has 0 atom stereocenters. The number of amidine groups is 1. The highest BCUT2D eigenvalue weighted by molar-refractivity contribution is 5.94. The molecule has 0 spiro atoms. The van der Waals surface area contributed by atoms with Crippen LogP contribution in [0, 0.1) is 5.92 Å². The molecule has 5 nitrogen and oxygen atoms in total. The van der Waals surface area contributed by atoms with Crippen molar-refractivity contribution in [1.29, 1.82) is 0 Å². The molecule has 1 fully saturated rings. The summed E-state index contributed by atoms with van der Waals surface area (Å²) in [6.07, 6.45) is 7.82. The summed E-state index contributed by atoms with van der Waals surface area (Å²) in [6, 6.07) is 0. The van der Waals surface area contributed by atoms with E-state index in [9.17, 15) is 4.79 Å². The van der Waals surface area contributed by atoms with Crippen molar-refractivity contribution in [3.63, 3.8) is 0 Å². The van der Waals surface area contributed by atoms with E-state index in [4.69, 9.17) is 10.9 Å². The zero-order valence-electron chi connectivity index (χ0n) is 12.1. The normalized spacial score (nSPS) is 18.9. The molecule has 0 unspecified atom stereocenters. The van der Waals surface area contributed by atoms with Crippen molar-refractivity contribution in [2.75, 3.05) is 0 Å². The molecule has 0 heterocycles. The predicted octanol–water partition coefficient (Wildman–Crippen LogP) is 2.38. The van der Waals surface area contributed by atoms with E-state index in [2.05, 4.69) is 10.5 Å². The van der Waals surface area contributed by atoms with Gasteiger partial charge in [-0.2, -0.15) is 0 Å². The van der Waals surface area contributed by atoms with Gasteiger partial charge in [0, 0.05) is 5.92 Å². The molecule has 0 saturated heterocycles. The first-order valence-corrected chi connectivity index (χ1v) is 7.39. The molecule has 1 aliphatic carbocycles. The lowest BCUT2D eigenvalue weighted by Crippen LogP contribution is -2.58. The Labute approximate surface area is 115 Å². The third-order valence-electron chi connectivity index (χ3n) is 4.39. The zero-order valence-corrected chi connectivity index (χ0v) is 12.1. The number of rotatable bonds is 5. The molecule has 1 saturated carbocycles. The summed E-state index contributed by atoms with van der Waals surface area (Å²) in [5.74, 6) is 0.225. The number of carbonyl (C=O) groups is 1. The predicted molar refractivity (Wildman–Crippen MR) is 76.1 cm³/mol. The second-order valence-corrected chi connectivity index (χ2v) is 5.45. The van der Waals surface area contributed by atoms with Gasteiger partial charge >= 0.3 is 0 Å². The van der Waals surface area contributed by atoms with E-state index in [1.165, 1.54) is 12.8 Å². The van der Waals surface area contributed by atoms with Gasteiger partial charge in [0.25, 0.3) is 0 Å². The maximum Gasteiger partial charge on any atom is 0.223 e. The van der Waals surface area contributed by atoms with Crippen LogP contribution in [0.25, 0.3) is 0 Å². The monoisotopic (exact) mass is 269 g/mol. The van der Waals surface area contributed by atoms with Gasteiger partial charge in [0.2, 0.25) is 5.91 Å². The smallest absolute Gasteiger partial charge is 0.223 e. The molecule has 0 aromatic rings. The summed E-state index contributed by atoms with van der Waals surface area (Å²) in [5, 5.41) is 15.0. The van der Waals surface area contributed by atoms with E-state index >= 15 is 0 Å². The van der Waals surface area contributed by atoms with Gasteiger partial charge in [0.15, 0.2) is 5.84 Å². The summed E-state index contributed by atoms with van der Waals surface area (Å²) in [4.78, 5) is 12.4. The maximum atomic E-state index is 12.4. The van der Waals surface area contributed by atoms with Gasteiger partial charge in [0.05, 0.1) is 0 Å². The average Bonchev–Trinajstić information content (AvgIpc) is 2.73. The Hall–Kier alpha value is -1.26. The molecular formula is C14H27N3O2. The quantitative estimate of drug-likeness (QED) is 0.235. The van der Waals surface area contributed by atoms with Gasteiger partial charge in [-0.25, -0.2) is 0 Å². The molecule has 110 valence electrons. The van der Waals surface area contributed by atoms with Crippen LogP contribution in [-0.4, -0.2) is 22.5 Å². The Morgan fingerprint density at radius 1 is 1.26 bits per heavy atom. The fourth-order valence-electron chi connectivity index (χ4n) is 2.83. The van der Waals surface area contributed by atoms with E-state index in [1.54, 1.807) is 0 Å². The molecule has 0 aromatic heterocycles. The zero-order chi connectivity index (χ0) is 14.3. The molecule has 5 heteroatoms. The molecule has 1 rings (SSSR count). The van der Waals surface area contributed by atoms with Crippen LogP contribution in [0.1, 0.15) is 65.2 Å². The van der Waals surface area contributed by atoms with Gasteiger partial charge in [0.1, 0.15) is 5.54 Å². The molecule has 4 N–H and O–H groups in total. The average molecular weight is 269 g/mol. The Balaban J connectivity index is 2.75. The van der Waals surface area contributed by atoms with Crippen molar-refractivity contribution in [1.82, 2.24) is 5.32 Å². The van der Waals surface area contributed by atoms with Crippen molar-refractivity contribution in [3.8, 4) is 0 Å². The van der Waals surface area contributed by atoms with Gasteiger partial charge in [-0.3, -0.25) is 4.79 Å². The summed E-state index contributed by atoms with van der Waals surface area (Å²) >= 11 is 0. The molecule has 0 aromatic carbocycles. The third kappa shape index (κ3) is 3.85. The van der Waals surface area contributed by atoms with E-state index in [1.807, 2.05) is 13.8 Å². The highest BCUT2D eigenvalue weighted by Gasteiger charge is 2.35. The second-order valence-electron chi connectivity index (χ2n) is 5.45. The fraction of sp³-hybridized carbons (Fsp3) is 0.857. The van der Waals surface area contributed by atoms with E-state index in [0.29, 0.717) is 12.8 Å². The van der Waals surface area contributed by atoms with Gasteiger partial charge in [-0.15, -0.1) is 0 Å². The standard InChI is InChI=1S/C14H27N3O2/c1-3-14(4-2,13(15)17-19)16-12(18)11-9-7-5-6-8-10-11/h11,19H,3-10H2,1-2H3,(H2,15,17)(H,16,18). The van der Waals surface area contributed by atoms with Gasteiger partial charge in [-0.05, 0) is 25.7 Å². The fourth-order valence-corrected chi connectivity index (χ4v) is 2.83. The lowest BCUT2D eigenvalue weighted by Gasteiger charge is -2.33. The summed E-state index contributed by atoms with van der Waals surface area (Å²) in [5.41, 5.74) is 5.06. The van der Waals surface area contributed by atoms with Crippen LogP contribution >= 0.6 is 0 Å². The molecule has 0 aliphatic heterocycles. The molecule has 1 amide bonds. The third-order valence-corrected chi connectivity index (χ3v) is 4.39. The van der Waals surface area contributed by atoms with Crippen LogP contribution in [0.5, 0.6) is 0 Å². The van der Waals surface area contributed by atoms with Crippen LogP contribution in [0.15, 0.2) is 5.16 Å². The number of nitrogens with zero attached hydrogens (tertiary/aromatic N) is 1. The molecule has 0 bridgehead atoms. The van der Waals surface area contributed by atoms with Crippen LogP contribution in [-0.2, 0) is 4.79 Å². The van der Waals surface area contributed by atoms with Crippen molar-refractivity contribution in [3.05, 3.63) is 0 Å². The Morgan fingerprint density at radius 3 is 2.21 bits per heavy atom. The lowest BCUT2D eigenvalue weighted by molar-refractivity contribution is -0.126. The first kappa shape index (κ1) is 15.8. The molecule has 0 radical (unpaired) electrons. The highest BCUT2D eigenvalue weighted by Crippen LogP contribution is 2.25. The van der Waals surface area contributed by atoms with Crippen LogP contribution in [0.2, 0.25) is 0 Å². The second kappa shape index (κ2) is 7.36. The minimum atomic E-state index is -0.710. The van der Waals surface area contributed by atoms with E-state index in [-0.39, 0.29) is 17.7 Å². The number of oxime groups is 1. The summed E-state index contributed by atoms with van der Waals surface area (Å²) in [7, 11) is 0. The van der Waals surface area contributed by atoms with Crippen LogP contribution in [0.3, 0.4) is 0 Å². The van der Waals surface area contributed by atoms with E-state index in [0.717, 1.165) is 25.7 Å². The van der Waals surface area contributed by atoms with Crippen molar-refractivity contribution in [2.24, 2.45) is 16.8 Å². The van der Waals surface area contributed by atoms with Crippen molar-refractivity contribution >= 4 is 11.7 Å². The number of nitrogens with one attached hydrogen (secondary N) is 1. The topological polar surface area (TPSA) is 87.7 Å².